The molecule has 188 valence electrons. The average Bonchev–Trinajstić information content (AvgIpc) is 3.25. The number of aliphatic hydroxyl groups excluding tert-OH is 2. The summed E-state index contributed by atoms with van der Waals surface area (Å²) in [6, 6.07) is 13.8. The first-order valence-corrected chi connectivity index (χ1v) is 13.0. The number of nitrogens with zero attached hydrogens (tertiary/aromatic N) is 3. The average molecular weight is 511 g/mol. The van der Waals surface area contributed by atoms with E-state index in [1.165, 1.54) is 45.9 Å². The van der Waals surface area contributed by atoms with Crippen molar-refractivity contribution < 1.29 is 23.4 Å². The molecule has 2 aromatic heterocycles. The number of carbonyl (C=O) groups excluding carboxylic acids is 1. The van der Waals surface area contributed by atoms with Crippen LogP contribution in [-0.2, 0) is 23.4 Å². The second kappa shape index (κ2) is 10.1. The SMILES string of the molecule is Cn1ncc2c(=O)n(Cc3ccccc3)cc(C(=O)N[C@@H](CO)[C@@H](O)c3ccc(S(C)(=O)=O)cc3)c21. The van der Waals surface area contributed by atoms with Crippen LogP contribution in [0.5, 0.6) is 0 Å². The summed E-state index contributed by atoms with van der Waals surface area (Å²) in [6.45, 7) is -0.345. The molecule has 4 aromatic rings. The lowest BCUT2D eigenvalue weighted by molar-refractivity contribution is 0.0703. The van der Waals surface area contributed by atoms with E-state index in [1.807, 2.05) is 30.3 Å². The highest BCUT2D eigenvalue weighted by molar-refractivity contribution is 7.90. The van der Waals surface area contributed by atoms with E-state index in [4.69, 9.17) is 0 Å². The van der Waals surface area contributed by atoms with Crippen LogP contribution in [0.15, 0.2) is 76.7 Å². The number of sulfone groups is 1. The van der Waals surface area contributed by atoms with Crippen molar-refractivity contribution in [3.63, 3.8) is 0 Å². The Hall–Kier alpha value is -3.80. The molecule has 10 nitrogen and oxygen atoms in total. The van der Waals surface area contributed by atoms with Crippen LogP contribution in [0.4, 0.5) is 0 Å². The molecule has 0 aliphatic carbocycles. The summed E-state index contributed by atoms with van der Waals surface area (Å²) in [5, 5.41) is 27.7. The van der Waals surface area contributed by atoms with Gasteiger partial charge >= 0.3 is 0 Å². The van der Waals surface area contributed by atoms with Crippen LogP contribution < -0.4 is 10.9 Å². The van der Waals surface area contributed by atoms with Crippen molar-refractivity contribution in [2.75, 3.05) is 12.9 Å². The summed E-state index contributed by atoms with van der Waals surface area (Å²) < 4.78 is 26.2. The minimum atomic E-state index is -3.41. The largest absolute Gasteiger partial charge is 0.394 e. The number of nitrogens with one attached hydrogen (secondary N) is 1. The van der Waals surface area contributed by atoms with Crippen LogP contribution in [0.1, 0.15) is 27.6 Å². The van der Waals surface area contributed by atoms with E-state index < -0.39 is 34.5 Å². The predicted molar refractivity (Wildman–Crippen MR) is 133 cm³/mol. The molecule has 3 N–H and O–H groups in total. The Morgan fingerprint density at radius 2 is 1.78 bits per heavy atom. The molecule has 0 spiro atoms. The highest BCUT2D eigenvalue weighted by Gasteiger charge is 2.26. The summed E-state index contributed by atoms with van der Waals surface area (Å²) in [5.41, 5.74) is 1.36. The summed E-state index contributed by atoms with van der Waals surface area (Å²) in [6.07, 6.45) is 2.60. The molecule has 0 aliphatic heterocycles. The van der Waals surface area contributed by atoms with Crippen molar-refractivity contribution in [2.24, 2.45) is 7.05 Å². The third-order valence-electron chi connectivity index (χ3n) is 5.95. The van der Waals surface area contributed by atoms with E-state index in [0.717, 1.165) is 11.8 Å². The van der Waals surface area contributed by atoms with Gasteiger partial charge in [0.15, 0.2) is 9.84 Å². The number of hydrogen-bond donors (Lipinski definition) is 3. The number of amides is 1. The van der Waals surface area contributed by atoms with Crippen LogP contribution in [0.3, 0.4) is 0 Å². The first kappa shape index (κ1) is 25.3. The zero-order valence-electron chi connectivity index (χ0n) is 19.7. The first-order chi connectivity index (χ1) is 17.1. The van der Waals surface area contributed by atoms with E-state index in [2.05, 4.69) is 10.4 Å². The van der Waals surface area contributed by atoms with Crippen molar-refractivity contribution in [3.8, 4) is 0 Å². The first-order valence-electron chi connectivity index (χ1n) is 11.1. The third-order valence-corrected chi connectivity index (χ3v) is 7.08. The molecule has 2 aromatic carbocycles. The van der Waals surface area contributed by atoms with Crippen LogP contribution in [0.25, 0.3) is 10.9 Å². The molecule has 0 saturated heterocycles. The van der Waals surface area contributed by atoms with Gasteiger partial charge in [0.05, 0.1) is 46.8 Å². The van der Waals surface area contributed by atoms with E-state index in [0.29, 0.717) is 11.1 Å². The highest BCUT2D eigenvalue weighted by Crippen LogP contribution is 2.21. The van der Waals surface area contributed by atoms with Gasteiger partial charge in [-0.05, 0) is 23.3 Å². The summed E-state index contributed by atoms with van der Waals surface area (Å²) in [5.74, 6) is -0.615. The van der Waals surface area contributed by atoms with Crippen molar-refractivity contribution in [3.05, 3.63) is 94.0 Å². The fourth-order valence-corrected chi connectivity index (χ4v) is 4.65. The van der Waals surface area contributed by atoms with E-state index in [9.17, 15) is 28.2 Å². The Morgan fingerprint density at radius 3 is 2.39 bits per heavy atom. The number of benzene rings is 2. The second-order valence-corrected chi connectivity index (χ2v) is 10.6. The van der Waals surface area contributed by atoms with Crippen molar-refractivity contribution in [2.45, 2.75) is 23.6 Å². The molecule has 0 fully saturated rings. The molecular weight excluding hydrogens is 484 g/mol. The lowest BCUT2D eigenvalue weighted by Gasteiger charge is -2.23. The van der Waals surface area contributed by atoms with Crippen LogP contribution in [0, 0.1) is 0 Å². The molecule has 0 saturated carbocycles. The molecule has 4 rings (SSSR count). The van der Waals surface area contributed by atoms with Gasteiger partial charge in [-0.3, -0.25) is 14.3 Å². The van der Waals surface area contributed by atoms with Gasteiger partial charge in [0, 0.05) is 19.5 Å². The van der Waals surface area contributed by atoms with Crippen molar-refractivity contribution in [1.82, 2.24) is 19.7 Å². The maximum atomic E-state index is 13.3. The maximum Gasteiger partial charge on any atom is 0.261 e. The minimum Gasteiger partial charge on any atom is -0.394 e. The Balaban J connectivity index is 1.66. The number of carbonyl (C=O) groups is 1. The van der Waals surface area contributed by atoms with E-state index >= 15 is 0 Å². The van der Waals surface area contributed by atoms with E-state index in [-0.39, 0.29) is 27.9 Å². The van der Waals surface area contributed by atoms with Gasteiger partial charge in [-0.15, -0.1) is 0 Å². The molecule has 0 radical (unpaired) electrons. The number of aliphatic hydroxyl groups is 2. The molecular formula is C25H26N4O6S. The summed E-state index contributed by atoms with van der Waals surface area (Å²) >= 11 is 0. The number of fused-ring (bicyclic) bond motifs is 1. The standard InChI is InChI=1S/C25H26N4O6S/c1-28-22-19(12-26-28)25(33)29(13-16-6-4-3-5-7-16)14-20(22)24(32)27-21(15-30)23(31)17-8-10-18(11-9-17)36(2,34)35/h3-12,14,21,23,30-31H,13,15H2,1-2H3,(H,27,32)/t21-,23-/m0/s1. The van der Waals surface area contributed by atoms with E-state index in [1.54, 1.807) is 7.05 Å². The molecule has 0 aliphatic rings. The zero-order valence-corrected chi connectivity index (χ0v) is 20.5. The minimum absolute atomic E-state index is 0.0855. The molecule has 36 heavy (non-hydrogen) atoms. The number of rotatable bonds is 8. The van der Waals surface area contributed by atoms with Gasteiger partial charge in [-0.2, -0.15) is 5.10 Å². The van der Waals surface area contributed by atoms with Crippen LogP contribution >= 0.6 is 0 Å². The third kappa shape index (κ3) is 5.08. The van der Waals surface area contributed by atoms with Crippen LogP contribution in [-0.4, -0.2) is 57.8 Å². The summed E-state index contributed by atoms with van der Waals surface area (Å²) in [7, 11) is -1.80. The molecule has 2 atom stereocenters. The van der Waals surface area contributed by atoms with Gasteiger partial charge < -0.3 is 20.1 Å². The lowest BCUT2D eigenvalue weighted by Crippen LogP contribution is -2.42. The van der Waals surface area contributed by atoms with Crippen LogP contribution in [0.2, 0.25) is 0 Å². The molecule has 11 heteroatoms. The van der Waals surface area contributed by atoms with Crippen molar-refractivity contribution in [1.29, 1.82) is 0 Å². The smallest absolute Gasteiger partial charge is 0.261 e. The summed E-state index contributed by atoms with van der Waals surface area (Å²) in [4.78, 5) is 26.5. The zero-order chi connectivity index (χ0) is 26.0. The van der Waals surface area contributed by atoms with Crippen molar-refractivity contribution >= 4 is 26.6 Å². The topological polar surface area (TPSA) is 144 Å². The molecule has 2 heterocycles. The number of hydrogen-bond acceptors (Lipinski definition) is 7. The Kier molecular flexibility index (Phi) is 7.07. The monoisotopic (exact) mass is 510 g/mol. The normalized spacial score (nSPS) is 13.4. The molecule has 1 amide bonds. The lowest BCUT2D eigenvalue weighted by atomic mass is 10.0. The second-order valence-electron chi connectivity index (χ2n) is 8.54. The molecule has 0 bridgehead atoms. The van der Waals surface area contributed by atoms with Gasteiger partial charge in [-0.25, -0.2) is 8.42 Å². The predicted octanol–water partition coefficient (Wildman–Crippen LogP) is 1.01. The van der Waals surface area contributed by atoms with Gasteiger partial charge in [0.25, 0.3) is 11.5 Å². The Labute approximate surface area is 207 Å². The van der Waals surface area contributed by atoms with Gasteiger partial charge in [0.2, 0.25) is 0 Å². The quantitative estimate of drug-likeness (QED) is 0.321. The fourth-order valence-electron chi connectivity index (χ4n) is 4.02. The molecule has 0 unspecified atom stereocenters. The maximum absolute atomic E-state index is 13.3. The fraction of sp³-hybridized carbons (Fsp3) is 0.240. The van der Waals surface area contributed by atoms with Gasteiger partial charge in [-0.1, -0.05) is 42.5 Å². The number of aromatic nitrogens is 3. The Morgan fingerprint density at radius 1 is 1.11 bits per heavy atom. The number of pyridine rings is 1. The number of aryl methyl sites for hydroxylation is 1. The Bertz CT molecular complexity index is 1560. The highest BCUT2D eigenvalue weighted by atomic mass is 32.2. The van der Waals surface area contributed by atoms with Gasteiger partial charge in [0.1, 0.15) is 6.10 Å².